The van der Waals surface area contributed by atoms with Crippen LogP contribution in [0.2, 0.25) is 5.02 Å². The molecule has 0 aliphatic heterocycles. The van der Waals surface area contributed by atoms with E-state index in [4.69, 9.17) is 16.6 Å². The van der Waals surface area contributed by atoms with Crippen molar-refractivity contribution in [1.82, 2.24) is 4.90 Å². The van der Waals surface area contributed by atoms with Gasteiger partial charge >= 0.3 is 6.18 Å². The minimum absolute atomic E-state index is 0.135. The molecule has 0 aliphatic carbocycles. The number of halogens is 4. The van der Waals surface area contributed by atoms with Gasteiger partial charge in [-0.05, 0) is 73.9 Å². The molecule has 39 heavy (non-hydrogen) atoms. The van der Waals surface area contributed by atoms with Crippen molar-refractivity contribution in [2.75, 3.05) is 0 Å². The summed E-state index contributed by atoms with van der Waals surface area (Å²) < 4.78 is 40.9. The highest BCUT2D eigenvalue weighted by Crippen LogP contribution is 2.38. The van der Waals surface area contributed by atoms with E-state index < -0.39 is 11.7 Å². The fourth-order valence-corrected chi connectivity index (χ4v) is 5.25. The van der Waals surface area contributed by atoms with E-state index in [1.54, 1.807) is 18.2 Å². The lowest BCUT2D eigenvalue weighted by molar-refractivity contribution is -0.137. The molecule has 0 aliphatic rings. The molecule has 3 nitrogen and oxygen atoms in total. The summed E-state index contributed by atoms with van der Waals surface area (Å²) in [7, 11) is 0. The summed E-state index contributed by atoms with van der Waals surface area (Å²) >= 11 is 7.27. The van der Waals surface area contributed by atoms with Crippen LogP contribution in [0.15, 0.2) is 94.8 Å². The molecule has 0 heterocycles. The molecule has 0 atom stereocenters. The van der Waals surface area contributed by atoms with Crippen LogP contribution in [0.3, 0.4) is 0 Å². The summed E-state index contributed by atoms with van der Waals surface area (Å²) in [4.78, 5) is 7.69. The van der Waals surface area contributed by atoms with E-state index >= 15 is 0 Å². The SMILES string of the molecule is Cc1ccc(CN(Cc2cccc(O)c2)C(=Nc2ccc(Cl)c(C(F)(F)F)c2)Sc2ccc(C)cc2C)cc1. The molecule has 0 unspecified atom stereocenters. The van der Waals surface area contributed by atoms with Crippen molar-refractivity contribution in [3.8, 4) is 5.75 Å². The Morgan fingerprint density at radius 1 is 0.846 bits per heavy atom. The topological polar surface area (TPSA) is 35.8 Å². The monoisotopic (exact) mass is 568 g/mol. The van der Waals surface area contributed by atoms with Gasteiger partial charge in [0.1, 0.15) is 5.75 Å². The average Bonchev–Trinajstić information content (AvgIpc) is 2.86. The Hall–Kier alpha value is -3.42. The van der Waals surface area contributed by atoms with E-state index in [1.165, 1.54) is 23.9 Å². The van der Waals surface area contributed by atoms with Gasteiger partial charge in [-0.2, -0.15) is 13.2 Å². The van der Waals surface area contributed by atoms with Gasteiger partial charge in [0.15, 0.2) is 5.17 Å². The number of nitrogens with zero attached hydrogens (tertiary/aromatic N) is 2. The van der Waals surface area contributed by atoms with Crippen LogP contribution in [0.5, 0.6) is 5.75 Å². The number of phenols is 1. The zero-order chi connectivity index (χ0) is 28.2. The molecule has 8 heteroatoms. The van der Waals surface area contributed by atoms with Crippen molar-refractivity contribution >= 4 is 34.2 Å². The van der Waals surface area contributed by atoms with Crippen LogP contribution in [0.25, 0.3) is 0 Å². The van der Waals surface area contributed by atoms with Crippen molar-refractivity contribution in [3.05, 3.63) is 123 Å². The molecule has 202 valence electrons. The number of aryl methyl sites for hydroxylation is 3. The lowest BCUT2D eigenvalue weighted by Gasteiger charge is -2.27. The molecule has 0 aromatic heterocycles. The zero-order valence-electron chi connectivity index (χ0n) is 21.8. The Morgan fingerprint density at radius 3 is 2.21 bits per heavy atom. The molecule has 0 spiro atoms. The molecule has 4 rings (SSSR count). The van der Waals surface area contributed by atoms with Crippen LogP contribution in [0.1, 0.15) is 33.4 Å². The molecule has 0 bridgehead atoms. The van der Waals surface area contributed by atoms with Gasteiger partial charge in [0.25, 0.3) is 0 Å². The number of aromatic hydroxyl groups is 1. The second kappa shape index (κ2) is 12.2. The minimum atomic E-state index is -4.60. The smallest absolute Gasteiger partial charge is 0.417 e. The fraction of sp³-hybridized carbons (Fsp3) is 0.194. The van der Waals surface area contributed by atoms with Gasteiger partial charge in [-0.25, -0.2) is 4.99 Å². The maximum atomic E-state index is 13.6. The summed E-state index contributed by atoms with van der Waals surface area (Å²) in [5, 5.41) is 10.2. The number of aliphatic imine (C=N–C) groups is 1. The number of benzene rings is 4. The van der Waals surface area contributed by atoms with E-state index in [9.17, 15) is 18.3 Å². The zero-order valence-corrected chi connectivity index (χ0v) is 23.3. The number of hydrogen-bond acceptors (Lipinski definition) is 3. The molecule has 0 radical (unpaired) electrons. The van der Waals surface area contributed by atoms with Gasteiger partial charge in [0.2, 0.25) is 0 Å². The molecule has 4 aromatic carbocycles. The highest BCUT2D eigenvalue weighted by Gasteiger charge is 2.33. The minimum Gasteiger partial charge on any atom is -0.508 e. The van der Waals surface area contributed by atoms with Crippen molar-refractivity contribution in [1.29, 1.82) is 0 Å². The van der Waals surface area contributed by atoms with E-state index in [-0.39, 0.29) is 16.5 Å². The second-order valence-corrected chi connectivity index (χ2v) is 10.9. The Kier molecular flexibility index (Phi) is 8.93. The summed E-state index contributed by atoms with van der Waals surface area (Å²) in [5.41, 5.74) is 4.33. The maximum Gasteiger partial charge on any atom is 0.417 e. The van der Waals surface area contributed by atoms with E-state index in [1.807, 2.05) is 68.1 Å². The number of rotatable bonds is 6. The van der Waals surface area contributed by atoms with E-state index in [0.717, 1.165) is 38.8 Å². The lowest BCUT2D eigenvalue weighted by atomic mass is 10.1. The van der Waals surface area contributed by atoms with Crippen LogP contribution < -0.4 is 0 Å². The summed E-state index contributed by atoms with van der Waals surface area (Å²) in [6.07, 6.45) is -4.60. The molecule has 4 aromatic rings. The normalized spacial score (nSPS) is 12.0. The average molecular weight is 569 g/mol. The van der Waals surface area contributed by atoms with Gasteiger partial charge in [-0.1, -0.05) is 83.0 Å². The summed E-state index contributed by atoms with van der Waals surface area (Å²) in [5.74, 6) is 0.135. The van der Waals surface area contributed by atoms with Crippen LogP contribution in [-0.2, 0) is 19.3 Å². The van der Waals surface area contributed by atoms with Crippen molar-refractivity contribution in [2.24, 2.45) is 4.99 Å². The third-order valence-corrected chi connectivity index (χ3v) is 7.60. The third-order valence-electron chi connectivity index (χ3n) is 6.06. The first-order chi connectivity index (χ1) is 18.5. The molecule has 0 amide bonds. The first kappa shape index (κ1) is 28.6. The van der Waals surface area contributed by atoms with Gasteiger partial charge in [-0.3, -0.25) is 0 Å². The number of phenolic OH excluding ortho intramolecular Hbond substituents is 1. The van der Waals surface area contributed by atoms with Gasteiger partial charge in [0.05, 0.1) is 16.3 Å². The number of thioether (sulfide) groups is 1. The van der Waals surface area contributed by atoms with Crippen LogP contribution in [-0.4, -0.2) is 15.2 Å². The maximum absolute atomic E-state index is 13.6. The van der Waals surface area contributed by atoms with Crippen LogP contribution in [0, 0.1) is 20.8 Å². The Labute approximate surface area is 236 Å². The standard InChI is InChI=1S/C31H28ClF3N2OS/c1-20-7-10-23(11-8-20)18-37(19-24-5-4-6-26(38)16-24)30(39-29-14-9-21(2)15-22(29)3)36-25-12-13-28(32)27(17-25)31(33,34)35/h4-17,38H,18-19H2,1-3H3. The van der Waals surface area contributed by atoms with Crippen molar-refractivity contribution in [3.63, 3.8) is 0 Å². The van der Waals surface area contributed by atoms with Crippen molar-refractivity contribution in [2.45, 2.75) is 44.9 Å². The Morgan fingerprint density at radius 2 is 1.54 bits per heavy atom. The Bertz CT molecular complexity index is 1490. The number of hydrogen-bond donors (Lipinski definition) is 1. The first-order valence-corrected chi connectivity index (χ1v) is 13.5. The van der Waals surface area contributed by atoms with E-state index in [0.29, 0.717) is 18.3 Å². The number of amidine groups is 1. The molecule has 0 saturated heterocycles. The largest absolute Gasteiger partial charge is 0.508 e. The first-order valence-electron chi connectivity index (χ1n) is 12.3. The predicted molar refractivity (Wildman–Crippen MR) is 154 cm³/mol. The quantitative estimate of drug-likeness (QED) is 0.143. The van der Waals surface area contributed by atoms with Gasteiger partial charge < -0.3 is 10.0 Å². The summed E-state index contributed by atoms with van der Waals surface area (Å²) in [6, 6.07) is 24.7. The highest BCUT2D eigenvalue weighted by molar-refractivity contribution is 8.13. The van der Waals surface area contributed by atoms with Gasteiger partial charge in [0, 0.05) is 18.0 Å². The van der Waals surface area contributed by atoms with Crippen LogP contribution >= 0.6 is 23.4 Å². The van der Waals surface area contributed by atoms with E-state index in [2.05, 4.69) is 6.07 Å². The summed E-state index contributed by atoms with van der Waals surface area (Å²) in [6.45, 7) is 6.84. The Balaban J connectivity index is 1.84. The molecular formula is C31H28ClF3N2OS. The molecular weight excluding hydrogens is 541 g/mol. The lowest BCUT2D eigenvalue weighted by Crippen LogP contribution is -2.28. The molecule has 0 saturated carbocycles. The highest BCUT2D eigenvalue weighted by atomic mass is 35.5. The predicted octanol–water partition coefficient (Wildman–Crippen LogP) is 9.47. The molecule has 1 N–H and O–H groups in total. The van der Waals surface area contributed by atoms with Gasteiger partial charge in [-0.15, -0.1) is 0 Å². The van der Waals surface area contributed by atoms with Crippen molar-refractivity contribution < 1.29 is 18.3 Å². The molecule has 0 fully saturated rings. The van der Waals surface area contributed by atoms with Crippen LogP contribution in [0.4, 0.5) is 18.9 Å². The third kappa shape index (κ3) is 7.80. The second-order valence-electron chi connectivity index (χ2n) is 9.44. The number of alkyl halides is 3. The fourth-order valence-electron chi connectivity index (χ4n) is 4.06.